The zero-order valence-electron chi connectivity index (χ0n) is 8.86. The van der Waals surface area contributed by atoms with Gasteiger partial charge in [-0.05, 0) is 25.5 Å². The monoisotopic (exact) mass is 204 g/mol. The predicted octanol–water partition coefficient (Wildman–Crippen LogP) is 1.89. The summed E-state index contributed by atoms with van der Waals surface area (Å²) in [4.78, 5) is 11.6. The molecule has 0 heterocycles. The van der Waals surface area contributed by atoms with Crippen molar-refractivity contribution in [3.63, 3.8) is 0 Å². The first-order valence-corrected chi connectivity index (χ1v) is 4.96. The Morgan fingerprint density at radius 3 is 2.73 bits per heavy atom. The minimum atomic E-state index is -0.119. The third-order valence-corrected chi connectivity index (χ3v) is 1.99. The number of nitrogens with one attached hydrogen (secondary N) is 2. The van der Waals surface area contributed by atoms with Crippen molar-refractivity contribution in [3.05, 3.63) is 48.6 Å². The molecule has 1 amide bonds. The molecule has 0 spiro atoms. The van der Waals surface area contributed by atoms with Gasteiger partial charge in [-0.2, -0.15) is 0 Å². The number of hydrogen-bond acceptors (Lipinski definition) is 2. The maximum atomic E-state index is 11.6. The van der Waals surface area contributed by atoms with E-state index in [1.54, 1.807) is 12.1 Å². The molecule has 1 unspecified atom stereocenters. The van der Waals surface area contributed by atoms with Crippen LogP contribution in [0.3, 0.4) is 0 Å². The lowest BCUT2D eigenvalue weighted by atomic mass is 10.2. The quantitative estimate of drug-likeness (QED) is 0.568. The molecule has 0 radical (unpaired) electrons. The minimum absolute atomic E-state index is 0.119. The van der Waals surface area contributed by atoms with Crippen molar-refractivity contribution in [1.82, 2.24) is 10.9 Å². The van der Waals surface area contributed by atoms with Crippen LogP contribution in [0.4, 0.5) is 0 Å². The van der Waals surface area contributed by atoms with Gasteiger partial charge in [0.05, 0.1) is 0 Å². The molecule has 0 aliphatic rings. The molecule has 0 saturated carbocycles. The van der Waals surface area contributed by atoms with Crippen molar-refractivity contribution < 1.29 is 4.79 Å². The molecule has 1 rings (SSSR count). The van der Waals surface area contributed by atoms with Crippen LogP contribution in [0.1, 0.15) is 23.7 Å². The first-order valence-electron chi connectivity index (χ1n) is 4.96. The van der Waals surface area contributed by atoms with Gasteiger partial charge in [-0.25, -0.2) is 5.43 Å². The van der Waals surface area contributed by atoms with Gasteiger partial charge in [0.25, 0.3) is 5.91 Å². The number of carbonyl (C=O) groups excluding carboxylic acids is 1. The first-order chi connectivity index (χ1) is 7.24. The highest BCUT2D eigenvalue weighted by Crippen LogP contribution is 1.97. The van der Waals surface area contributed by atoms with E-state index in [0.717, 1.165) is 6.42 Å². The van der Waals surface area contributed by atoms with Gasteiger partial charge in [-0.15, -0.1) is 6.58 Å². The second kappa shape index (κ2) is 5.98. The number of hydrogen-bond donors (Lipinski definition) is 2. The fourth-order valence-corrected chi connectivity index (χ4v) is 1.16. The van der Waals surface area contributed by atoms with Crippen LogP contribution in [0.5, 0.6) is 0 Å². The highest BCUT2D eigenvalue weighted by molar-refractivity contribution is 5.93. The summed E-state index contributed by atoms with van der Waals surface area (Å²) in [6, 6.07) is 9.29. The summed E-state index contributed by atoms with van der Waals surface area (Å²) in [6.07, 6.45) is 2.63. The molecule has 0 fully saturated rings. The Balaban J connectivity index is 2.40. The highest BCUT2D eigenvalue weighted by Gasteiger charge is 2.04. The largest absolute Gasteiger partial charge is 0.287 e. The maximum Gasteiger partial charge on any atom is 0.265 e. The molecule has 80 valence electrons. The fourth-order valence-electron chi connectivity index (χ4n) is 1.16. The molecule has 0 aliphatic carbocycles. The van der Waals surface area contributed by atoms with Crippen molar-refractivity contribution in [3.8, 4) is 0 Å². The highest BCUT2D eigenvalue weighted by atomic mass is 16.2. The van der Waals surface area contributed by atoms with Crippen LogP contribution in [0.15, 0.2) is 43.0 Å². The summed E-state index contributed by atoms with van der Waals surface area (Å²) < 4.78 is 0. The van der Waals surface area contributed by atoms with E-state index in [0.29, 0.717) is 5.56 Å². The molecular weight excluding hydrogens is 188 g/mol. The lowest BCUT2D eigenvalue weighted by Crippen LogP contribution is -2.42. The third kappa shape index (κ3) is 3.95. The fraction of sp³-hybridized carbons (Fsp3) is 0.250. The Morgan fingerprint density at radius 2 is 2.13 bits per heavy atom. The van der Waals surface area contributed by atoms with E-state index in [-0.39, 0.29) is 11.9 Å². The van der Waals surface area contributed by atoms with Crippen LogP contribution in [-0.4, -0.2) is 11.9 Å². The molecule has 1 aromatic carbocycles. The molecule has 1 aromatic rings. The molecule has 2 N–H and O–H groups in total. The van der Waals surface area contributed by atoms with Gasteiger partial charge in [0.15, 0.2) is 0 Å². The van der Waals surface area contributed by atoms with E-state index in [2.05, 4.69) is 17.4 Å². The predicted molar refractivity (Wildman–Crippen MR) is 61.3 cm³/mol. The molecule has 0 saturated heterocycles. The lowest BCUT2D eigenvalue weighted by Gasteiger charge is -2.12. The Bertz CT molecular complexity index is 322. The van der Waals surface area contributed by atoms with Gasteiger partial charge in [-0.1, -0.05) is 24.3 Å². The van der Waals surface area contributed by atoms with Crippen LogP contribution in [0, 0.1) is 0 Å². The Hall–Kier alpha value is -1.61. The summed E-state index contributed by atoms with van der Waals surface area (Å²) in [5, 5.41) is 0. The average molecular weight is 204 g/mol. The summed E-state index contributed by atoms with van der Waals surface area (Å²) in [7, 11) is 0. The Kier molecular flexibility index (Phi) is 4.57. The molecule has 0 bridgehead atoms. The van der Waals surface area contributed by atoms with Gasteiger partial charge < -0.3 is 0 Å². The smallest absolute Gasteiger partial charge is 0.265 e. The number of benzene rings is 1. The third-order valence-electron chi connectivity index (χ3n) is 1.99. The van der Waals surface area contributed by atoms with Gasteiger partial charge in [-0.3, -0.25) is 10.2 Å². The van der Waals surface area contributed by atoms with Crippen molar-refractivity contribution in [2.75, 3.05) is 0 Å². The minimum Gasteiger partial charge on any atom is -0.287 e. The van der Waals surface area contributed by atoms with Gasteiger partial charge in [0.1, 0.15) is 0 Å². The maximum absolute atomic E-state index is 11.6. The SMILES string of the molecule is C=CCC(C)NNC(=O)c1ccccc1. The normalized spacial score (nSPS) is 11.8. The summed E-state index contributed by atoms with van der Waals surface area (Å²) in [5.74, 6) is -0.119. The van der Waals surface area contributed by atoms with E-state index in [1.165, 1.54) is 0 Å². The van der Waals surface area contributed by atoms with Crippen LogP contribution < -0.4 is 10.9 Å². The van der Waals surface area contributed by atoms with Crippen molar-refractivity contribution in [2.45, 2.75) is 19.4 Å². The van der Waals surface area contributed by atoms with Crippen LogP contribution >= 0.6 is 0 Å². The molecule has 0 aromatic heterocycles. The number of rotatable bonds is 5. The van der Waals surface area contributed by atoms with E-state index >= 15 is 0 Å². The zero-order valence-corrected chi connectivity index (χ0v) is 8.86. The number of amides is 1. The van der Waals surface area contributed by atoms with Crippen LogP contribution in [0.25, 0.3) is 0 Å². The standard InChI is InChI=1S/C12H16N2O/c1-3-7-10(2)13-14-12(15)11-8-5-4-6-9-11/h3-6,8-10,13H,1,7H2,2H3,(H,14,15). The second-order valence-electron chi connectivity index (χ2n) is 3.39. The molecule has 3 nitrogen and oxygen atoms in total. The molecule has 15 heavy (non-hydrogen) atoms. The average Bonchev–Trinajstić information content (AvgIpc) is 2.27. The molecule has 3 heteroatoms. The Morgan fingerprint density at radius 1 is 1.47 bits per heavy atom. The topological polar surface area (TPSA) is 41.1 Å². The van der Waals surface area contributed by atoms with E-state index in [1.807, 2.05) is 31.2 Å². The van der Waals surface area contributed by atoms with Crippen LogP contribution in [-0.2, 0) is 0 Å². The van der Waals surface area contributed by atoms with Gasteiger partial charge in [0.2, 0.25) is 0 Å². The van der Waals surface area contributed by atoms with E-state index in [9.17, 15) is 4.79 Å². The number of carbonyl (C=O) groups is 1. The second-order valence-corrected chi connectivity index (χ2v) is 3.39. The Labute approximate surface area is 90.2 Å². The summed E-state index contributed by atoms with van der Waals surface area (Å²) in [5.41, 5.74) is 6.21. The van der Waals surface area contributed by atoms with Crippen molar-refractivity contribution in [1.29, 1.82) is 0 Å². The van der Waals surface area contributed by atoms with Gasteiger partial charge >= 0.3 is 0 Å². The summed E-state index contributed by atoms with van der Waals surface area (Å²) >= 11 is 0. The number of hydrazine groups is 1. The molecular formula is C12H16N2O. The molecule has 1 atom stereocenters. The lowest BCUT2D eigenvalue weighted by molar-refractivity contribution is 0.0926. The van der Waals surface area contributed by atoms with Gasteiger partial charge in [0, 0.05) is 11.6 Å². The summed E-state index contributed by atoms with van der Waals surface area (Å²) in [6.45, 7) is 5.61. The molecule has 0 aliphatic heterocycles. The van der Waals surface area contributed by atoms with E-state index < -0.39 is 0 Å². The van der Waals surface area contributed by atoms with Crippen molar-refractivity contribution >= 4 is 5.91 Å². The zero-order chi connectivity index (χ0) is 11.1. The van der Waals surface area contributed by atoms with E-state index in [4.69, 9.17) is 0 Å². The van der Waals surface area contributed by atoms with Crippen molar-refractivity contribution in [2.24, 2.45) is 0 Å². The van der Waals surface area contributed by atoms with Crippen LogP contribution in [0.2, 0.25) is 0 Å². The first kappa shape index (κ1) is 11.5.